The summed E-state index contributed by atoms with van der Waals surface area (Å²) < 4.78 is 37.4. The Labute approximate surface area is 253 Å². The quantitative estimate of drug-likeness (QED) is 0.103. The molecule has 262 valence electrons. The molecule has 4 aliphatic rings. The van der Waals surface area contributed by atoms with Crippen molar-refractivity contribution in [3.8, 4) is 0 Å². The maximum atomic E-state index is 10.8. The fourth-order valence-corrected chi connectivity index (χ4v) is 5.29. The molecule has 4 aliphatic heterocycles. The number of aliphatic hydroxyl groups excluding tert-OH is 14. The Bertz CT molecular complexity index is 981. The van der Waals surface area contributed by atoms with Crippen molar-refractivity contribution in [3.05, 3.63) is 11.7 Å². The Hall–Kier alpha value is -1.58. The highest BCUT2D eigenvalue weighted by atomic mass is 16.8. The normalized spacial score (nSPS) is 49.4. The summed E-state index contributed by atoms with van der Waals surface area (Å²) in [6.45, 7) is -3.46. The van der Waals surface area contributed by atoms with E-state index in [1.165, 1.54) is 0 Å². The van der Waals surface area contributed by atoms with Crippen LogP contribution in [0.3, 0.4) is 0 Å². The van der Waals surface area contributed by atoms with E-state index < -0.39 is 149 Å². The molecule has 0 aromatic rings. The van der Waals surface area contributed by atoms with Crippen molar-refractivity contribution in [2.24, 2.45) is 0 Å². The number of hydrogen-bond donors (Lipinski definition) is 14. The Morgan fingerprint density at radius 3 is 1.56 bits per heavy atom. The second-order valence-corrected chi connectivity index (χ2v) is 10.9. The third kappa shape index (κ3) is 7.15. The van der Waals surface area contributed by atoms with E-state index in [0.717, 1.165) is 0 Å². The topological polar surface area (TPSA) is 348 Å². The fourth-order valence-electron chi connectivity index (χ4n) is 5.29. The summed E-state index contributed by atoms with van der Waals surface area (Å²) in [4.78, 5) is 0. The fraction of sp³-hybridized carbons (Fsp3) is 0.917. The van der Waals surface area contributed by atoms with Crippen LogP contribution in [0.5, 0.6) is 0 Å². The smallest absolute Gasteiger partial charge is 0.322 e. The molecule has 0 aliphatic carbocycles. The van der Waals surface area contributed by atoms with Gasteiger partial charge in [-0.25, -0.2) is 0 Å². The molecular formula is C24H40O21. The summed E-state index contributed by atoms with van der Waals surface area (Å²) in [7, 11) is 0. The molecule has 0 aromatic heterocycles. The van der Waals surface area contributed by atoms with Gasteiger partial charge in [-0.15, -0.1) is 0 Å². The van der Waals surface area contributed by atoms with Gasteiger partial charge in [0.15, 0.2) is 31.1 Å². The van der Waals surface area contributed by atoms with E-state index >= 15 is 0 Å². The molecule has 0 bridgehead atoms. The minimum absolute atomic E-state index is 0.793. The van der Waals surface area contributed by atoms with E-state index in [4.69, 9.17) is 33.2 Å². The van der Waals surface area contributed by atoms with Gasteiger partial charge in [0.25, 0.3) is 0 Å². The predicted molar refractivity (Wildman–Crippen MR) is 134 cm³/mol. The van der Waals surface area contributed by atoms with E-state index in [1.54, 1.807) is 0 Å². The van der Waals surface area contributed by atoms with Crippen LogP contribution in [0.25, 0.3) is 0 Å². The van der Waals surface area contributed by atoms with Gasteiger partial charge in [0.05, 0.1) is 26.4 Å². The first-order chi connectivity index (χ1) is 21.3. The summed E-state index contributed by atoms with van der Waals surface area (Å²) in [5.74, 6) is -2.01. The van der Waals surface area contributed by atoms with Crippen molar-refractivity contribution in [2.45, 2.75) is 110 Å². The average molecular weight is 665 g/mol. The first-order valence-corrected chi connectivity index (χ1v) is 13.9. The average Bonchev–Trinajstić information content (AvgIpc) is 3.03. The van der Waals surface area contributed by atoms with Crippen molar-refractivity contribution >= 4 is 0 Å². The van der Waals surface area contributed by atoms with Gasteiger partial charge in [-0.2, -0.15) is 0 Å². The SMILES string of the molecule is OC[C@H]1O[C@H](O[C@H]2[C@H](O)C(O)=C(O[C@H]3[C@H](O)[C@@H](O)[C@@H](O[C@H]4[C@H](O)[C@@H](O)[C@@H](O)O[C@@H]4CO)O[C@@H]3CO)O[C@@H]2CO)[C@H](O)[C@@H](O)[C@@H]1O. The van der Waals surface area contributed by atoms with Gasteiger partial charge < -0.3 is 105 Å². The van der Waals surface area contributed by atoms with E-state index in [0.29, 0.717) is 0 Å². The lowest BCUT2D eigenvalue weighted by Crippen LogP contribution is -2.65. The summed E-state index contributed by atoms with van der Waals surface area (Å²) in [6, 6.07) is 0. The Morgan fingerprint density at radius 2 is 0.978 bits per heavy atom. The van der Waals surface area contributed by atoms with Crippen LogP contribution in [0.2, 0.25) is 0 Å². The van der Waals surface area contributed by atoms with Gasteiger partial charge in [0.2, 0.25) is 5.76 Å². The minimum Gasteiger partial charge on any atom is -0.504 e. The van der Waals surface area contributed by atoms with Crippen LogP contribution in [0.15, 0.2) is 11.7 Å². The lowest BCUT2D eigenvalue weighted by molar-refractivity contribution is -0.359. The molecule has 0 aromatic carbocycles. The molecule has 21 nitrogen and oxygen atoms in total. The van der Waals surface area contributed by atoms with Crippen molar-refractivity contribution in [2.75, 3.05) is 26.4 Å². The molecule has 0 spiro atoms. The molecule has 0 unspecified atom stereocenters. The van der Waals surface area contributed by atoms with Gasteiger partial charge in [0, 0.05) is 0 Å². The van der Waals surface area contributed by atoms with Crippen molar-refractivity contribution in [3.63, 3.8) is 0 Å². The molecular weight excluding hydrogens is 624 g/mol. The molecule has 0 saturated carbocycles. The first-order valence-electron chi connectivity index (χ1n) is 13.9. The van der Waals surface area contributed by atoms with Gasteiger partial charge in [0.1, 0.15) is 79.4 Å². The zero-order valence-electron chi connectivity index (χ0n) is 23.3. The molecule has 4 heterocycles. The molecule has 21 heteroatoms. The highest BCUT2D eigenvalue weighted by Gasteiger charge is 2.53. The van der Waals surface area contributed by atoms with Gasteiger partial charge in [-0.05, 0) is 0 Å². The summed E-state index contributed by atoms with van der Waals surface area (Å²) in [6.07, 6.45) is -31.9. The van der Waals surface area contributed by atoms with Crippen LogP contribution >= 0.6 is 0 Å². The third-order valence-electron chi connectivity index (χ3n) is 7.94. The lowest BCUT2D eigenvalue weighted by Gasteiger charge is -2.46. The maximum absolute atomic E-state index is 10.8. The largest absolute Gasteiger partial charge is 0.504 e. The molecule has 0 radical (unpaired) electrons. The lowest BCUT2D eigenvalue weighted by atomic mass is 9.96. The zero-order chi connectivity index (χ0) is 33.3. The second-order valence-electron chi connectivity index (χ2n) is 10.9. The van der Waals surface area contributed by atoms with Crippen LogP contribution in [-0.4, -0.2) is 208 Å². The van der Waals surface area contributed by atoms with Crippen molar-refractivity contribution in [1.82, 2.24) is 0 Å². The molecule has 3 fully saturated rings. The van der Waals surface area contributed by atoms with E-state index in [9.17, 15) is 71.5 Å². The minimum atomic E-state index is -2.08. The van der Waals surface area contributed by atoms with Crippen LogP contribution < -0.4 is 0 Å². The van der Waals surface area contributed by atoms with Crippen LogP contribution in [-0.2, 0) is 33.2 Å². The molecule has 4 rings (SSSR count). The Balaban J connectivity index is 1.47. The van der Waals surface area contributed by atoms with Gasteiger partial charge in [-0.1, -0.05) is 0 Å². The molecule has 14 N–H and O–H groups in total. The van der Waals surface area contributed by atoms with Crippen LogP contribution in [0.4, 0.5) is 0 Å². The van der Waals surface area contributed by atoms with Gasteiger partial charge in [-0.3, -0.25) is 0 Å². The van der Waals surface area contributed by atoms with Crippen LogP contribution in [0, 0.1) is 0 Å². The molecule has 45 heavy (non-hydrogen) atoms. The van der Waals surface area contributed by atoms with E-state index in [2.05, 4.69) is 0 Å². The Kier molecular flexibility index (Phi) is 12.2. The highest BCUT2D eigenvalue weighted by Crippen LogP contribution is 2.34. The highest BCUT2D eigenvalue weighted by molar-refractivity contribution is 5.11. The summed E-state index contributed by atoms with van der Waals surface area (Å²) in [5.41, 5.74) is 0. The van der Waals surface area contributed by atoms with E-state index in [1.807, 2.05) is 0 Å². The number of aliphatic hydroxyl groups is 14. The monoisotopic (exact) mass is 664 g/mol. The molecule has 18 atom stereocenters. The summed E-state index contributed by atoms with van der Waals surface area (Å²) >= 11 is 0. The maximum Gasteiger partial charge on any atom is 0.322 e. The van der Waals surface area contributed by atoms with Crippen molar-refractivity contribution in [1.29, 1.82) is 0 Å². The number of ether oxygens (including phenoxy) is 7. The van der Waals surface area contributed by atoms with Gasteiger partial charge >= 0.3 is 5.95 Å². The number of rotatable bonds is 10. The molecule has 0 amide bonds. The number of hydrogen-bond acceptors (Lipinski definition) is 21. The predicted octanol–water partition coefficient (Wildman–Crippen LogP) is -8.71. The second kappa shape index (κ2) is 15.1. The Morgan fingerprint density at radius 1 is 0.489 bits per heavy atom. The third-order valence-corrected chi connectivity index (χ3v) is 7.94. The van der Waals surface area contributed by atoms with Crippen molar-refractivity contribution < 1.29 is 105 Å². The molecule has 3 saturated heterocycles. The standard InChI is InChI=1S/C24H40O21/c25-1-5-9(29)10(30)15(35)22(40-5)44-19-7(3-27)42-24(17(37)12(19)32)45-20-8(4-28)41-23(16(36)13(20)33)43-18-6(2-26)39-21(38)14(34)11(18)31/h5-16,18-23,25-38H,1-4H2/t5-,6-,7-,8-,9-,10+,11-,12-,13-,14-,15-,16-,18-,19-,20-,21+,22-,23-/m1/s1. The van der Waals surface area contributed by atoms with E-state index in [-0.39, 0.29) is 0 Å². The first kappa shape index (κ1) is 36.3. The van der Waals surface area contributed by atoms with Crippen LogP contribution in [0.1, 0.15) is 0 Å². The zero-order valence-corrected chi connectivity index (χ0v) is 23.3. The summed E-state index contributed by atoms with van der Waals surface area (Å²) in [5, 5.41) is 142.